The van der Waals surface area contributed by atoms with E-state index in [0.717, 1.165) is 10.0 Å². The van der Waals surface area contributed by atoms with E-state index in [2.05, 4.69) is 20.9 Å². The monoisotopic (exact) mass is 254 g/mol. The number of halogens is 1. The average molecular weight is 255 g/mol. The van der Waals surface area contributed by atoms with Crippen LogP contribution in [-0.4, -0.2) is 19.0 Å². The molecular weight excluding hydrogens is 244 g/mol. The summed E-state index contributed by atoms with van der Waals surface area (Å²) in [6.45, 7) is 1.49. The molecule has 1 rings (SSSR count). The predicted octanol–water partition coefficient (Wildman–Crippen LogP) is 2.28. The van der Waals surface area contributed by atoms with Crippen LogP contribution in [0.5, 0.6) is 0 Å². The Morgan fingerprint density at radius 3 is 2.71 bits per heavy atom. The summed E-state index contributed by atoms with van der Waals surface area (Å²) in [4.78, 5) is 15.1. The van der Waals surface area contributed by atoms with E-state index in [-0.39, 0.29) is 5.78 Å². The van der Waals surface area contributed by atoms with Crippen LogP contribution in [0, 0.1) is 0 Å². The standard InChI is InChI=1S/C10H11BrN2O/c1-6(14)7-3-4-9(11)8(5-13-2)10(7)12/h3-5H,12H2,1-2H3. The number of aliphatic imine (C=N–C) groups is 1. The lowest BCUT2D eigenvalue weighted by Gasteiger charge is -2.07. The third-order valence-corrected chi connectivity index (χ3v) is 2.56. The summed E-state index contributed by atoms with van der Waals surface area (Å²) in [5, 5.41) is 0. The second-order valence-electron chi connectivity index (χ2n) is 2.87. The van der Waals surface area contributed by atoms with Crippen molar-refractivity contribution in [1.29, 1.82) is 0 Å². The Bertz CT molecular complexity index is 399. The number of nitrogen functional groups attached to an aromatic ring is 1. The van der Waals surface area contributed by atoms with Gasteiger partial charge in [0.1, 0.15) is 0 Å². The third kappa shape index (κ3) is 2.01. The van der Waals surface area contributed by atoms with Crippen LogP contribution in [0.4, 0.5) is 5.69 Å². The van der Waals surface area contributed by atoms with Crippen LogP contribution in [0.3, 0.4) is 0 Å². The Balaban J connectivity index is 3.40. The molecule has 74 valence electrons. The lowest BCUT2D eigenvalue weighted by Crippen LogP contribution is -2.04. The molecule has 0 saturated heterocycles. The van der Waals surface area contributed by atoms with E-state index in [4.69, 9.17) is 5.73 Å². The molecule has 0 aliphatic carbocycles. The number of hydrogen-bond donors (Lipinski definition) is 1. The number of rotatable bonds is 2. The molecule has 1 aromatic rings. The maximum absolute atomic E-state index is 11.2. The number of nitrogens with zero attached hydrogens (tertiary/aromatic N) is 1. The van der Waals surface area contributed by atoms with Crippen LogP contribution in [0.1, 0.15) is 22.8 Å². The molecule has 0 fully saturated rings. The molecule has 2 N–H and O–H groups in total. The number of benzene rings is 1. The van der Waals surface area contributed by atoms with E-state index in [9.17, 15) is 4.79 Å². The number of hydrogen-bond acceptors (Lipinski definition) is 3. The Morgan fingerprint density at radius 2 is 2.21 bits per heavy atom. The second-order valence-corrected chi connectivity index (χ2v) is 3.72. The van der Waals surface area contributed by atoms with Gasteiger partial charge in [0.05, 0.1) is 5.69 Å². The molecule has 0 aromatic heterocycles. The maximum atomic E-state index is 11.2. The largest absolute Gasteiger partial charge is 0.398 e. The number of carbonyl (C=O) groups excluding carboxylic acids is 1. The van der Waals surface area contributed by atoms with Gasteiger partial charge in [-0.1, -0.05) is 15.9 Å². The van der Waals surface area contributed by atoms with Crippen molar-refractivity contribution in [3.05, 3.63) is 27.7 Å². The molecule has 0 spiro atoms. The smallest absolute Gasteiger partial charge is 0.161 e. The van der Waals surface area contributed by atoms with Gasteiger partial charge in [0, 0.05) is 28.9 Å². The molecule has 14 heavy (non-hydrogen) atoms. The van der Waals surface area contributed by atoms with Gasteiger partial charge < -0.3 is 5.73 Å². The fourth-order valence-corrected chi connectivity index (χ4v) is 1.63. The van der Waals surface area contributed by atoms with E-state index in [0.29, 0.717) is 11.3 Å². The number of nitrogens with two attached hydrogens (primary N) is 1. The van der Waals surface area contributed by atoms with E-state index >= 15 is 0 Å². The lowest BCUT2D eigenvalue weighted by atomic mass is 10.1. The first-order chi connectivity index (χ1) is 6.57. The van der Waals surface area contributed by atoms with Crippen molar-refractivity contribution in [1.82, 2.24) is 0 Å². The van der Waals surface area contributed by atoms with E-state index < -0.39 is 0 Å². The number of Topliss-reactive ketones (excluding diaryl/α,β-unsaturated/α-hetero) is 1. The van der Waals surface area contributed by atoms with Crippen molar-refractivity contribution in [3.63, 3.8) is 0 Å². The number of ketones is 1. The quantitative estimate of drug-likeness (QED) is 0.500. The first kappa shape index (κ1) is 10.9. The Hall–Kier alpha value is -1.16. The molecule has 0 saturated carbocycles. The SMILES string of the molecule is CN=Cc1c(Br)ccc(C(C)=O)c1N. The lowest BCUT2D eigenvalue weighted by molar-refractivity contribution is 0.101. The first-order valence-electron chi connectivity index (χ1n) is 4.09. The molecule has 0 bridgehead atoms. The normalized spacial score (nSPS) is 10.8. The summed E-state index contributed by atoms with van der Waals surface area (Å²) >= 11 is 3.35. The van der Waals surface area contributed by atoms with Gasteiger partial charge in [-0.3, -0.25) is 9.79 Å². The summed E-state index contributed by atoms with van der Waals surface area (Å²) in [5.74, 6) is -0.0410. The molecule has 0 amide bonds. The van der Waals surface area contributed by atoms with Crippen molar-refractivity contribution in [3.8, 4) is 0 Å². The fraction of sp³-hybridized carbons (Fsp3) is 0.200. The van der Waals surface area contributed by atoms with Crippen LogP contribution < -0.4 is 5.73 Å². The molecule has 0 aliphatic rings. The Labute approximate surface area is 91.2 Å². The van der Waals surface area contributed by atoms with Crippen LogP contribution in [-0.2, 0) is 0 Å². The zero-order valence-electron chi connectivity index (χ0n) is 8.04. The molecular formula is C10H11BrN2O. The molecule has 4 heteroatoms. The fourth-order valence-electron chi connectivity index (χ4n) is 1.18. The van der Waals surface area contributed by atoms with Crippen molar-refractivity contribution >= 4 is 33.6 Å². The van der Waals surface area contributed by atoms with Gasteiger partial charge in [0.2, 0.25) is 0 Å². The first-order valence-corrected chi connectivity index (χ1v) is 4.88. The van der Waals surface area contributed by atoms with E-state index in [1.165, 1.54) is 6.92 Å². The summed E-state index contributed by atoms with van der Waals surface area (Å²) in [6.07, 6.45) is 1.63. The van der Waals surface area contributed by atoms with Gasteiger partial charge in [0.15, 0.2) is 5.78 Å². The molecule has 0 aliphatic heterocycles. The topological polar surface area (TPSA) is 55.5 Å². The molecule has 1 aromatic carbocycles. The van der Waals surface area contributed by atoms with Gasteiger partial charge in [-0.2, -0.15) is 0 Å². The highest BCUT2D eigenvalue weighted by molar-refractivity contribution is 9.10. The minimum Gasteiger partial charge on any atom is -0.398 e. The van der Waals surface area contributed by atoms with Crippen LogP contribution in [0.25, 0.3) is 0 Å². The van der Waals surface area contributed by atoms with Crippen LogP contribution in [0.15, 0.2) is 21.6 Å². The van der Waals surface area contributed by atoms with Crippen molar-refractivity contribution in [2.24, 2.45) is 4.99 Å². The molecule has 0 heterocycles. The highest BCUT2D eigenvalue weighted by atomic mass is 79.9. The minimum atomic E-state index is -0.0410. The number of carbonyl (C=O) groups is 1. The molecule has 0 unspecified atom stereocenters. The van der Waals surface area contributed by atoms with E-state index in [1.807, 2.05) is 0 Å². The molecule has 3 nitrogen and oxygen atoms in total. The Kier molecular flexibility index (Phi) is 3.41. The highest BCUT2D eigenvalue weighted by Crippen LogP contribution is 2.25. The average Bonchev–Trinajstić information content (AvgIpc) is 2.11. The van der Waals surface area contributed by atoms with Gasteiger partial charge in [0.25, 0.3) is 0 Å². The van der Waals surface area contributed by atoms with Crippen molar-refractivity contribution in [2.75, 3.05) is 12.8 Å². The van der Waals surface area contributed by atoms with Crippen molar-refractivity contribution in [2.45, 2.75) is 6.92 Å². The van der Waals surface area contributed by atoms with Crippen LogP contribution in [0.2, 0.25) is 0 Å². The van der Waals surface area contributed by atoms with Gasteiger partial charge in [-0.15, -0.1) is 0 Å². The zero-order chi connectivity index (χ0) is 10.7. The molecule has 0 radical (unpaired) electrons. The zero-order valence-corrected chi connectivity index (χ0v) is 9.63. The maximum Gasteiger partial charge on any atom is 0.161 e. The summed E-state index contributed by atoms with van der Waals surface area (Å²) < 4.78 is 0.839. The van der Waals surface area contributed by atoms with Gasteiger partial charge in [-0.25, -0.2) is 0 Å². The number of anilines is 1. The molecule has 0 atom stereocenters. The summed E-state index contributed by atoms with van der Waals surface area (Å²) in [7, 11) is 1.66. The minimum absolute atomic E-state index is 0.0410. The van der Waals surface area contributed by atoms with Crippen LogP contribution >= 0.6 is 15.9 Å². The third-order valence-electron chi connectivity index (χ3n) is 1.87. The van der Waals surface area contributed by atoms with Gasteiger partial charge in [-0.05, 0) is 19.1 Å². The van der Waals surface area contributed by atoms with E-state index in [1.54, 1.807) is 25.4 Å². The van der Waals surface area contributed by atoms with Gasteiger partial charge >= 0.3 is 0 Å². The second kappa shape index (κ2) is 4.37. The van der Waals surface area contributed by atoms with Crippen molar-refractivity contribution < 1.29 is 4.79 Å². The Morgan fingerprint density at radius 1 is 1.57 bits per heavy atom. The highest BCUT2D eigenvalue weighted by Gasteiger charge is 2.10. The summed E-state index contributed by atoms with van der Waals surface area (Å²) in [5.41, 5.74) is 7.58. The summed E-state index contributed by atoms with van der Waals surface area (Å²) in [6, 6.07) is 3.50. The predicted molar refractivity (Wildman–Crippen MR) is 62.1 cm³/mol.